The minimum atomic E-state index is 0.0941. The molecule has 0 unspecified atom stereocenters. The molecule has 0 aliphatic heterocycles. The average Bonchev–Trinajstić information content (AvgIpc) is 2.90. The SMILES string of the molecule is Nc1nc(-c2cc(Cl)cc(Cl)c2)nc(-n2cccn2)n1. The molecule has 2 N–H and O–H groups in total. The Kier molecular flexibility index (Phi) is 3.25. The van der Waals surface area contributed by atoms with Crippen molar-refractivity contribution in [3.8, 4) is 17.3 Å². The molecule has 0 bridgehead atoms. The molecule has 1 aromatic carbocycles. The van der Waals surface area contributed by atoms with Crippen LogP contribution in [0.4, 0.5) is 5.95 Å². The Bertz CT molecular complexity index is 736. The summed E-state index contributed by atoms with van der Waals surface area (Å²) >= 11 is 11.9. The van der Waals surface area contributed by atoms with Gasteiger partial charge in [-0.1, -0.05) is 23.2 Å². The second kappa shape index (κ2) is 5.07. The van der Waals surface area contributed by atoms with Crippen LogP contribution >= 0.6 is 23.2 Å². The van der Waals surface area contributed by atoms with Gasteiger partial charge in [0.2, 0.25) is 5.95 Å². The molecule has 0 spiro atoms. The lowest BCUT2D eigenvalue weighted by Gasteiger charge is -2.05. The number of rotatable bonds is 2. The molecular formula is C12H8Cl2N6. The van der Waals surface area contributed by atoms with Crippen LogP contribution in [-0.2, 0) is 0 Å². The van der Waals surface area contributed by atoms with Crippen LogP contribution in [-0.4, -0.2) is 24.7 Å². The first kappa shape index (κ1) is 12.8. The van der Waals surface area contributed by atoms with E-state index in [1.807, 2.05) is 0 Å². The topological polar surface area (TPSA) is 82.5 Å². The number of nitrogens with two attached hydrogens (primary N) is 1. The number of anilines is 1. The molecule has 0 aliphatic rings. The second-order valence-corrected chi connectivity index (χ2v) is 4.80. The third kappa shape index (κ3) is 2.56. The first-order valence-corrected chi connectivity index (χ1v) is 6.35. The van der Waals surface area contributed by atoms with E-state index in [-0.39, 0.29) is 5.95 Å². The first-order chi connectivity index (χ1) is 9.61. The lowest BCUT2D eigenvalue weighted by Crippen LogP contribution is -2.08. The van der Waals surface area contributed by atoms with Crippen molar-refractivity contribution in [3.05, 3.63) is 46.7 Å². The standard InChI is InChI=1S/C12H8Cl2N6/c13-8-4-7(5-9(14)6-8)10-17-11(15)19-12(18-10)20-3-1-2-16-20/h1-6H,(H2,15,17,18,19). The maximum atomic E-state index is 5.97. The monoisotopic (exact) mass is 306 g/mol. The van der Waals surface area contributed by atoms with Crippen LogP contribution in [0.2, 0.25) is 10.0 Å². The number of nitrogens with zero attached hydrogens (tertiary/aromatic N) is 5. The molecule has 2 aromatic heterocycles. The molecule has 0 radical (unpaired) electrons. The smallest absolute Gasteiger partial charge is 0.255 e. The van der Waals surface area contributed by atoms with E-state index in [4.69, 9.17) is 28.9 Å². The number of nitrogen functional groups attached to an aromatic ring is 1. The third-order valence-corrected chi connectivity index (χ3v) is 2.91. The van der Waals surface area contributed by atoms with Gasteiger partial charge in [0.15, 0.2) is 5.82 Å². The molecule has 0 saturated carbocycles. The lowest BCUT2D eigenvalue weighted by atomic mass is 10.2. The van der Waals surface area contributed by atoms with Gasteiger partial charge in [0.05, 0.1) is 0 Å². The molecule has 3 rings (SSSR count). The van der Waals surface area contributed by atoms with Gasteiger partial charge < -0.3 is 5.73 Å². The van der Waals surface area contributed by atoms with Gasteiger partial charge in [0, 0.05) is 28.0 Å². The van der Waals surface area contributed by atoms with Crippen molar-refractivity contribution in [1.29, 1.82) is 0 Å². The van der Waals surface area contributed by atoms with E-state index < -0.39 is 0 Å². The molecule has 0 fully saturated rings. The highest BCUT2D eigenvalue weighted by atomic mass is 35.5. The van der Waals surface area contributed by atoms with E-state index in [1.165, 1.54) is 4.68 Å². The molecule has 6 nitrogen and oxygen atoms in total. The molecule has 3 aromatic rings. The van der Waals surface area contributed by atoms with Gasteiger partial charge in [-0.2, -0.15) is 20.1 Å². The summed E-state index contributed by atoms with van der Waals surface area (Å²) in [6.07, 6.45) is 3.33. The number of benzene rings is 1. The number of aromatic nitrogens is 5. The van der Waals surface area contributed by atoms with E-state index >= 15 is 0 Å². The van der Waals surface area contributed by atoms with Crippen molar-refractivity contribution in [2.75, 3.05) is 5.73 Å². The second-order valence-electron chi connectivity index (χ2n) is 3.93. The van der Waals surface area contributed by atoms with E-state index in [9.17, 15) is 0 Å². The minimum absolute atomic E-state index is 0.0941. The van der Waals surface area contributed by atoms with E-state index in [1.54, 1.807) is 36.7 Å². The maximum absolute atomic E-state index is 5.97. The van der Waals surface area contributed by atoms with Crippen molar-refractivity contribution < 1.29 is 0 Å². The summed E-state index contributed by atoms with van der Waals surface area (Å²) < 4.78 is 1.49. The van der Waals surface area contributed by atoms with Crippen molar-refractivity contribution in [1.82, 2.24) is 24.7 Å². The van der Waals surface area contributed by atoms with Gasteiger partial charge in [-0.15, -0.1) is 0 Å². The van der Waals surface area contributed by atoms with Crippen molar-refractivity contribution in [2.24, 2.45) is 0 Å². The summed E-state index contributed by atoms with van der Waals surface area (Å²) in [5.74, 6) is 0.803. The fourth-order valence-electron chi connectivity index (χ4n) is 1.68. The molecule has 100 valence electrons. The largest absolute Gasteiger partial charge is 0.368 e. The molecule has 2 heterocycles. The fraction of sp³-hybridized carbons (Fsp3) is 0. The van der Waals surface area contributed by atoms with Crippen LogP contribution in [0, 0.1) is 0 Å². The summed E-state index contributed by atoms with van der Waals surface area (Å²) in [5, 5.41) is 5.04. The van der Waals surface area contributed by atoms with Crippen molar-refractivity contribution >= 4 is 29.2 Å². The van der Waals surface area contributed by atoms with Gasteiger partial charge in [-0.3, -0.25) is 0 Å². The number of hydrogen-bond acceptors (Lipinski definition) is 5. The highest BCUT2D eigenvalue weighted by Gasteiger charge is 2.10. The van der Waals surface area contributed by atoms with Crippen molar-refractivity contribution in [2.45, 2.75) is 0 Å². The third-order valence-electron chi connectivity index (χ3n) is 2.47. The Morgan fingerprint density at radius 3 is 2.40 bits per heavy atom. The summed E-state index contributed by atoms with van der Waals surface area (Å²) in [5.41, 5.74) is 6.37. The Morgan fingerprint density at radius 1 is 1.00 bits per heavy atom. The zero-order valence-electron chi connectivity index (χ0n) is 10.0. The van der Waals surface area contributed by atoms with Gasteiger partial charge in [-0.25, -0.2) is 4.68 Å². The highest BCUT2D eigenvalue weighted by Crippen LogP contribution is 2.25. The van der Waals surface area contributed by atoms with Gasteiger partial charge in [0.1, 0.15) is 0 Å². The molecule has 0 saturated heterocycles. The molecular weight excluding hydrogens is 299 g/mol. The molecule has 0 atom stereocenters. The fourth-order valence-corrected chi connectivity index (χ4v) is 2.21. The van der Waals surface area contributed by atoms with E-state index in [0.29, 0.717) is 27.4 Å². The van der Waals surface area contributed by atoms with Crippen LogP contribution in [0.1, 0.15) is 0 Å². The average molecular weight is 307 g/mol. The maximum Gasteiger partial charge on any atom is 0.255 e. The minimum Gasteiger partial charge on any atom is -0.368 e. The summed E-state index contributed by atoms with van der Waals surface area (Å²) in [6, 6.07) is 6.80. The van der Waals surface area contributed by atoms with Gasteiger partial charge in [0.25, 0.3) is 5.95 Å². The van der Waals surface area contributed by atoms with Crippen LogP contribution < -0.4 is 5.73 Å². The quantitative estimate of drug-likeness (QED) is 0.787. The molecule has 0 aliphatic carbocycles. The number of halogens is 2. The molecule has 0 amide bonds. The van der Waals surface area contributed by atoms with Crippen molar-refractivity contribution in [3.63, 3.8) is 0 Å². The Hall–Kier alpha value is -2.18. The normalized spacial score (nSPS) is 10.7. The van der Waals surface area contributed by atoms with E-state index in [2.05, 4.69) is 20.1 Å². The highest BCUT2D eigenvalue weighted by molar-refractivity contribution is 6.35. The lowest BCUT2D eigenvalue weighted by molar-refractivity contribution is 0.801. The zero-order valence-corrected chi connectivity index (χ0v) is 11.5. The van der Waals surface area contributed by atoms with Crippen LogP contribution in [0.3, 0.4) is 0 Å². The Morgan fingerprint density at radius 2 is 1.75 bits per heavy atom. The zero-order chi connectivity index (χ0) is 14.1. The van der Waals surface area contributed by atoms with Crippen LogP contribution in [0.25, 0.3) is 17.3 Å². The van der Waals surface area contributed by atoms with Gasteiger partial charge >= 0.3 is 0 Å². The Balaban J connectivity index is 2.14. The van der Waals surface area contributed by atoms with E-state index in [0.717, 1.165) is 0 Å². The predicted molar refractivity (Wildman–Crippen MR) is 76.8 cm³/mol. The predicted octanol–water partition coefficient (Wildman–Crippen LogP) is 2.61. The molecule has 20 heavy (non-hydrogen) atoms. The summed E-state index contributed by atoms with van der Waals surface area (Å²) in [7, 11) is 0. The summed E-state index contributed by atoms with van der Waals surface area (Å²) in [6.45, 7) is 0. The number of hydrogen-bond donors (Lipinski definition) is 1. The van der Waals surface area contributed by atoms with Crippen LogP contribution in [0.15, 0.2) is 36.7 Å². The molecule has 8 heteroatoms. The summed E-state index contributed by atoms with van der Waals surface area (Å²) in [4.78, 5) is 12.4. The Labute approximate surface area is 124 Å². The first-order valence-electron chi connectivity index (χ1n) is 5.60. The van der Waals surface area contributed by atoms with Gasteiger partial charge in [-0.05, 0) is 24.3 Å². The van der Waals surface area contributed by atoms with Crippen LogP contribution in [0.5, 0.6) is 0 Å².